The van der Waals surface area contributed by atoms with Gasteiger partial charge in [-0.3, -0.25) is 0 Å². The second-order valence-corrected chi connectivity index (χ2v) is 17.1. The number of aliphatic hydroxyl groups is 1. The van der Waals surface area contributed by atoms with Crippen LogP contribution < -0.4 is 51.6 Å². The standard InChI is InChI=1S/C12H12N4.C11H25N.C8H11NO.C7H6F3N.C5H13N.2C4H11N.C2H4F3N/c13-9-6-7-12(11(14)8-9)16-15-10-4-2-1-3-5-10;1-2-3-4-5-6-7-8-9-10-11-12;9-8-3-1-7(2-4-8)5-6-10;8-7(9,10)5-1-3-6(11)4-2-5;1-2-3-4-5-6;1-4(2,3)5;1-2-3-4-5;3-2(4,5)1-6/h1-8H,13-14H2;2-12H2,1H3;1-4,10H,5-6,9H2;1-4H,11H2;2-6H2,1H3;5H2,1-3H3;2-5H2,1H3;1,6H2. The maximum atomic E-state index is 11.9. The van der Waals surface area contributed by atoms with Crippen molar-refractivity contribution >= 4 is 34.1 Å². The number of anilines is 4. The molecule has 0 spiro atoms. The number of aliphatic hydroxyl groups excluding tert-OH is 1. The number of azo groups is 1. The number of nitrogen functional groups attached to an aromatic ring is 4. The third-order valence-electron chi connectivity index (χ3n) is 8.60. The van der Waals surface area contributed by atoms with Gasteiger partial charge in [-0.15, -0.1) is 5.11 Å². The zero-order valence-electron chi connectivity index (χ0n) is 43.7. The van der Waals surface area contributed by atoms with Gasteiger partial charge in [-0.05, 0) is 138 Å². The minimum Gasteiger partial charge on any atom is -0.399 e. The van der Waals surface area contributed by atoms with Crippen molar-refractivity contribution < 1.29 is 31.4 Å². The Morgan fingerprint density at radius 1 is 0.493 bits per heavy atom. The van der Waals surface area contributed by atoms with Crippen LogP contribution in [0.2, 0.25) is 0 Å². The van der Waals surface area contributed by atoms with Gasteiger partial charge in [0.05, 0.1) is 23.5 Å². The zero-order valence-corrected chi connectivity index (χ0v) is 43.7. The van der Waals surface area contributed by atoms with Gasteiger partial charge in [0, 0.05) is 29.2 Å². The predicted molar refractivity (Wildman–Crippen MR) is 291 cm³/mol. The molecule has 0 aliphatic carbocycles. The molecule has 0 amide bonds. The monoisotopic (exact) mass is 1010 g/mol. The van der Waals surface area contributed by atoms with Crippen molar-refractivity contribution in [3.8, 4) is 0 Å². The van der Waals surface area contributed by atoms with Crippen LogP contribution in [0.15, 0.2) is 107 Å². The molecule has 12 nitrogen and oxygen atoms in total. The summed E-state index contributed by atoms with van der Waals surface area (Å²) in [6, 6.07) is 26.5. The second kappa shape index (κ2) is 47.4. The Morgan fingerprint density at radius 3 is 1.23 bits per heavy atom. The molecule has 0 unspecified atom stereocenters. The minimum absolute atomic E-state index is 0. The van der Waals surface area contributed by atoms with Crippen molar-refractivity contribution in [2.24, 2.45) is 38.9 Å². The molecule has 0 fully saturated rings. The van der Waals surface area contributed by atoms with Gasteiger partial charge in [0.1, 0.15) is 5.69 Å². The first kappa shape index (κ1) is 72.6. The third kappa shape index (κ3) is 57.5. The predicted octanol–water partition coefficient (Wildman–Crippen LogP) is 13.0. The van der Waals surface area contributed by atoms with Crippen LogP contribution in [0.3, 0.4) is 0 Å². The molecule has 4 rings (SSSR count). The van der Waals surface area contributed by atoms with Gasteiger partial charge in [-0.25, -0.2) is 0 Å². The number of nitrogens with two attached hydrogens (primary N) is 9. The van der Waals surface area contributed by atoms with E-state index in [9.17, 15) is 26.3 Å². The van der Waals surface area contributed by atoms with Crippen LogP contribution >= 0.6 is 0 Å². The fourth-order valence-electron chi connectivity index (χ4n) is 4.81. The topological polar surface area (TPSA) is 279 Å². The minimum atomic E-state index is -4.27. The molecule has 408 valence electrons. The van der Waals surface area contributed by atoms with Crippen LogP contribution in [0.25, 0.3) is 0 Å². The highest BCUT2D eigenvalue weighted by Gasteiger charge is 2.29. The molecule has 19 N–H and O–H groups in total. The van der Waals surface area contributed by atoms with E-state index >= 15 is 0 Å². The lowest BCUT2D eigenvalue weighted by Crippen LogP contribution is -2.26. The maximum Gasteiger partial charge on any atom is 0.416 e. The number of alkyl halides is 6. The van der Waals surface area contributed by atoms with E-state index in [0.717, 1.165) is 48.7 Å². The number of rotatable bonds is 18. The highest BCUT2D eigenvalue weighted by Crippen LogP contribution is 2.29. The first-order valence-electron chi connectivity index (χ1n) is 24.5. The molecule has 0 aliphatic heterocycles. The third-order valence-corrected chi connectivity index (χ3v) is 8.60. The summed E-state index contributed by atoms with van der Waals surface area (Å²) in [5.41, 5.74) is 51.4. The Bertz CT molecular complexity index is 1740. The molecule has 71 heavy (non-hydrogen) atoms. The van der Waals surface area contributed by atoms with Crippen molar-refractivity contribution in [3.63, 3.8) is 0 Å². The lowest BCUT2D eigenvalue weighted by molar-refractivity contribution is -0.137. The average Bonchev–Trinajstić information content (AvgIpc) is 3.31. The summed E-state index contributed by atoms with van der Waals surface area (Å²) in [4.78, 5) is 0. The number of unbranched alkanes of at least 4 members (excludes halogenated alkanes) is 11. The molecule has 0 atom stereocenters. The van der Waals surface area contributed by atoms with Crippen LogP contribution in [0, 0.1) is 0 Å². The van der Waals surface area contributed by atoms with Gasteiger partial charge >= 0.3 is 12.4 Å². The van der Waals surface area contributed by atoms with Gasteiger partial charge in [-0.2, -0.15) is 31.5 Å². The molecule has 0 saturated heterocycles. The van der Waals surface area contributed by atoms with Crippen molar-refractivity contribution in [2.75, 3.05) is 55.7 Å². The number of benzene rings is 4. The van der Waals surface area contributed by atoms with E-state index in [0.29, 0.717) is 29.2 Å². The van der Waals surface area contributed by atoms with Crippen LogP contribution in [-0.2, 0) is 12.6 Å². The Kier molecular flexibility index (Phi) is 48.4. The number of hydrogen-bond acceptors (Lipinski definition) is 12. The highest BCUT2D eigenvalue weighted by molar-refractivity contribution is 5.67. The van der Waals surface area contributed by atoms with Crippen LogP contribution in [-0.4, -0.2) is 49.6 Å². The largest absolute Gasteiger partial charge is 0.416 e. The molecular formula is C53H93F6N11O. The Hall–Kier alpha value is -4.98. The molecule has 0 bridgehead atoms. The molecule has 4 aromatic rings. The zero-order chi connectivity index (χ0) is 55.0. The lowest BCUT2D eigenvalue weighted by Gasteiger charge is -2.06. The van der Waals surface area contributed by atoms with Gasteiger partial charge in [0.2, 0.25) is 0 Å². The average molecular weight is 1010 g/mol. The van der Waals surface area contributed by atoms with Crippen LogP contribution in [0.1, 0.15) is 143 Å². The van der Waals surface area contributed by atoms with Crippen molar-refractivity contribution in [3.05, 3.63) is 108 Å². The summed E-state index contributed by atoms with van der Waals surface area (Å²) in [5, 5.41) is 16.7. The molecule has 0 saturated carbocycles. The first-order valence-corrected chi connectivity index (χ1v) is 24.5. The Labute approximate surface area is 423 Å². The van der Waals surface area contributed by atoms with Crippen molar-refractivity contribution in [1.29, 1.82) is 0 Å². The molecular weight excluding hydrogens is 921 g/mol. The van der Waals surface area contributed by atoms with Crippen LogP contribution in [0.4, 0.5) is 60.5 Å². The quantitative estimate of drug-likeness (QED) is 0.0195. The van der Waals surface area contributed by atoms with Crippen molar-refractivity contribution in [1.82, 2.24) is 0 Å². The summed E-state index contributed by atoms with van der Waals surface area (Å²) < 4.78 is 67.6. The highest BCUT2D eigenvalue weighted by atomic mass is 19.4. The van der Waals surface area contributed by atoms with E-state index < -0.39 is 24.5 Å². The van der Waals surface area contributed by atoms with Crippen molar-refractivity contribution in [2.45, 2.75) is 156 Å². The molecule has 0 heterocycles. The van der Waals surface area contributed by atoms with E-state index in [1.165, 1.54) is 102 Å². The smallest absolute Gasteiger partial charge is 0.399 e. The van der Waals surface area contributed by atoms with Gasteiger partial charge in [0.15, 0.2) is 0 Å². The van der Waals surface area contributed by atoms with E-state index in [1.807, 2.05) is 75.4 Å². The van der Waals surface area contributed by atoms with Gasteiger partial charge in [-0.1, -0.05) is 122 Å². The molecule has 0 aliphatic rings. The normalized spacial score (nSPS) is 10.6. The Morgan fingerprint density at radius 2 is 0.873 bits per heavy atom. The van der Waals surface area contributed by atoms with E-state index in [1.54, 1.807) is 18.2 Å². The summed E-state index contributed by atoms with van der Waals surface area (Å²) in [7, 11) is 0. The molecule has 18 heteroatoms. The van der Waals surface area contributed by atoms with E-state index in [4.69, 9.17) is 51.0 Å². The summed E-state index contributed by atoms with van der Waals surface area (Å²) in [5.74, 6) is 0. The SMILES string of the molecule is CC(C)(C)N.CCCCCCCCCCCN.CCCCCN.CCCCN.NCC(F)(F)F.Nc1ccc(C(F)(F)F)cc1.Nc1ccc(CCO)cc1.Nc1ccc(N=Nc2ccccc2)c(N)c1. The van der Waals surface area contributed by atoms with Gasteiger partial charge < -0.3 is 56.7 Å². The number of nitrogens with zero attached hydrogens (tertiary/aromatic N) is 2. The molecule has 0 aromatic heterocycles. The molecule has 0 radical (unpaired) electrons. The fraction of sp³-hybridized carbons (Fsp3) is 0.547. The second-order valence-electron chi connectivity index (χ2n) is 17.1. The maximum absolute atomic E-state index is 11.9. The summed E-state index contributed by atoms with van der Waals surface area (Å²) in [6.07, 6.45) is 10.9. The van der Waals surface area contributed by atoms with E-state index in [-0.39, 0.29) is 12.1 Å². The van der Waals surface area contributed by atoms with Crippen LogP contribution in [0.5, 0.6) is 0 Å². The van der Waals surface area contributed by atoms with E-state index in [2.05, 4.69) is 36.7 Å². The Balaban J connectivity index is -0.000000374. The summed E-state index contributed by atoms with van der Waals surface area (Å²) in [6.45, 7) is 14.0. The molecule has 4 aromatic carbocycles. The van der Waals surface area contributed by atoms with Gasteiger partial charge in [0.25, 0.3) is 0 Å². The summed E-state index contributed by atoms with van der Waals surface area (Å²) >= 11 is 0. The number of hydrogen-bond donors (Lipinski definition) is 10. The first-order chi connectivity index (χ1) is 33.4. The lowest BCUT2D eigenvalue weighted by atomic mass is 10.1. The number of halogens is 6. The fourth-order valence-corrected chi connectivity index (χ4v) is 4.81.